The molecule has 0 fully saturated rings. The summed E-state index contributed by atoms with van der Waals surface area (Å²) in [6, 6.07) is 11.0. The molecule has 122 valence electrons. The van der Waals surface area contributed by atoms with Gasteiger partial charge in [0.2, 0.25) is 6.10 Å². The van der Waals surface area contributed by atoms with Gasteiger partial charge in [-0.25, -0.2) is 0 Å². The summed E-state index contributed by atoms with van der Waals surface area (Å²) in [5, 5.41) is 2.84. The minimum absolute atomic E-state index is 0.186. The number of nitrogens with one attached hydrogen (secondary N) is 1. The van der Waals surface area contributed by atoms with Gasteiger partial charge in [0.25, 0.3) is 5.91 Å². The Morgan fingerprint density at radius 1 is 1.39 bits per heavy atom. The largest absolute Gasteiger partial charge is 0.485 e. The van der Waals surface area contributed by atoms with Gasteiger partial charge < -0.3 is 19.5 Å². The number of rotatable bonds is 5. The average molecular weight is 354 g/mol. The van der Waals surface area contributed by atoms with Crippen molar-refractivity contribution in [3.8, 4) is 11.5 Å². The second kappa shape index (κ2) is 7.21. The molecule has 3 rings (SSSR count). The van der Waals surface area contributed by atoms with Crippen LogP contribution in [0, 0.1) is 0 Å². The molecule has 7 heteroatoms. The molecule has 0 unspecified atom stereocenters. The van der Waals surface area contributed by atoms with E-state index in [4.69, 9.17) is 25.8 Å². The van der Waals surface area contributed by atoms with E-state index in [1.54, 1.807) is 13.2 Å². The summed E-state index contributed by atoms with van der Waals surface area (Å²) in [5.41, 5.74) is 0. The van der Waals surface area contributed by atoms with Crippen LogP contribution in [0.1, 0.15) is 11.0 Å². The minimum atomic E-state index is -0.672. The van der Waals surface area contributed by atoms with Crippen LogP contribution in [-0.2, 0) is 9.53 Å². The maximum absolute atomic E-state index is 12.3. The molecule has 0 bridgehead atoms. The highest BCUT2D eigenvalue weighted by atomic mass is 35.5. The highest BCUT2D eigenvalue weighted by molar-refractivity contribution is 7.16. The van der Waals surface area contributed by atoms with E-state index in [-0.39, 0.29) is 18.6 Å². The van der Waals surface area contributed by atoms with Crippen LogP contribution in [0.5, 0.6) is 11.5 Å². The lowest BCUT2D eigenvalue weighted by Gasteiger charge is -2.26. The topological polar surface area (TPSA) is 56.8 Å². The summed E-state index contributed by atoms with van der Waals surface area (Å²) in [5.74, 6) is 0.996. The highest BCUT2D eigenvalue weighted by Gasteiger charge is 2.27. The highest BCUT2D eigenvalue weighted by Crippen LogP contribution is 2.31. The summed E-state index contributed by atoms with van der Waals surface area (Å²) in [6.45, 7) is 0.527. The van der Waals surface area contributed by atoms with Crippen LogP contribution in [-0.4, -0.2) is 32.3 Å². The Bertz CT molecular complexity index is 690. The SMILES string of the molecule is CO[C@@H](CNC(=O)[C@@H]1COc2ccccc2O1)c1ccc(Cl)s1. The Balaban J connectivity index is 1.57. The fraction of sp³-hybridized carbons (Fsp3) is 0.312. The Morgan fingerprint density at radius 3 is 2.87 bits per heavy atom. The maximum Gasteiger partial charge on any atom is 0.264 e. The van der Waals surface area contributed by atoms with Crippen molar-refractivity contribution in [3.05, 3.63) is 45.6 Å². The number of carbonyl (C=O) groups excluding carboxylic acids is 1. The van der Waals surface area contributed by atoms with E-state index in [0.29, 0.717) is 22.4 Å². The van der Waals surface area contributed by atoms with Crippen molar-refractivity contribution in [2.24, 2.45) is 0 Å². The zero-order chi connectivity index (χ0) is 16.2. The number of methoxy groups -OCH3 is 1. The lowest BCUT2D eigenvalue weighted by Crippen LogP contribution is -2.45. The first kappa shape index (κ1) is 16.1. The predicted octanol–water partition coefficient (Wildman–Crippen LogP) is 3.05. The lowest BCUT2D eigenvalue weighted by atomic mass is 10.2. The number of amides is 1. The molecule has 1 N–H and O–H groups in total. The van der Waals surface area contributed by atoms with Crippen LogP contribution >= 0.6 is 22.9 Å². The van der Waals surface area contributed by atoms with Gasteiger partial charge in [-0.2, -0.15) is 0 Å². The molecule has 0 aliphatic carbocycles. The number of fused-ring (bicyclic) bond motifs is 1. The Hall–Kier alpha value is -1.76. The number of halogens is 1. The second-order valence-electron chi connectivity index (χ2n) is 4.98. The van der Waals surface area contributed by atoms with Crippen LogP contribution in [0.2, 0.25) is 4.34 Å². The summed E-state index contributed by atoms with van der Waals surface area (Å²) in [4.78, 5) is 13.2. The molecule has 0 saturated carbocycles. The number of benzene rings is 1. The summed E-state index contributed by atoms with van der Waals surface area (Å²) in [6.07, 6.45) is -0.914. The third-order valence-corrected chi connectivity index (χ3v) is 4.78. The van der Waals surface area contributed by atoms with Crippen LogP contribution < -0.4 is 14.8 Å². The molecule has 2 heterocycles. The zero-order valence-corrected chi connectivity index (χ0v) is 14.0. The van der Waals surface area contributed by atoms with Gasteiger partial charge in [0.1, 0.15) is 12.7 Å². The van der Waals surface area contributed by atoms with Crippen molar-refractivity contribution in [2.75, 3.05) is 20.3 Å². The molecule has 0 radical (unpaired) electrons. The van der Waals surface area contributed by atoms with Crippen LogP contribution in [0.15, 0.2) is 36.4 Å². The van der Waals surface area contributed by atoms with Crippen LogP contribution in [0.25, 0.3) is 0 Å². The number of thiophene rings is 1. The number of hydrogen-bond donors (Lipinski definition) is 1. The van der Waals surface area contributed by atoms with Gasteiger partial charge in [0, 0.05) is 18.5 Å². The molecule has 0 saturated heterocycles. The third-order valence-electron chi connectivity index (χ3n) is 3.46. The molecule has 1 aromatic heterocycles. The molecule has 1 aromatic carbocycles. The minimum Gasteiger partial charge on any atom is -0.485 e. The fourth-order valence-electron chi connectivity index (χ4n) is 2.26. The molecule has 23 heavy (non-hydrogen) atoms. The van der Waals surface area contributed by atoms with Crippen molar-refractivity contribution in [2.45, 2.75) is 12.2 Å². The first-order chi connectivity index (χ1) is 11.2. The second-order valence-corrected chi connectivity index (χ2v) is 6.72. The van der Waals surface area contributed by atoms with Gasteiger partial charge in [-0.15, -0.1) is 11.3 Å². The monoisotopic (exact) mass is 353 g/mol. The number of carbonyl (C=O) groups is 1. The van der Waals surface area contributed by atoms with E-state index in [2.05, 4.69) is 5.32 Å². The van der Waals surface area contributed by atoms with E-state index >= 15 is 0 Å². The fourth-order valence-corrected chi connectivity index (χ4v) is 3.40. The average Bonchev–Trinajstić information content (AvgIpc) is 3.01. The Morgan fingerprint density at radius 2 is 2.17 bits per heavy atom. The van der Waals surface area contributed by atoms with E-state index in [1.807, 2.05) is 30.3 Å². The quantitative estimate of drug-likeness (QED) is 0.897. The van der Waals surface area contributed by atoms with Crippen molar-refractivity contribution >= 4 is 28.8 Å². The van der Waals surface area contributed by atoms with E-state index in [0.717, 1.165) is 4.88 Å². The van der Waals surface area contributed by atoms with Gasteiger partial charge >= 0.3 is 0 Å². The first-order valence-corrected chi connectivity index (χ1v) is 8.31. The van der Waals surface area contributed by atoms with Crippen molar-refractivity contribution in [1.29, 1.82) is 0 Å². The standard InChI is InChI=1S/C16H16ClNO4S/c1-20-12(14-6-7-15(17)23-14)8-18-16(19)13-9-21-10-4-2-3-5-11(10)22-13/h2-7,12-13H,8-9H2,1H3,(H,18,19)/t12-,13-/m0/s1. The molecule has 1 aliphatic heterocycles. The van der Waals surface area contributed by atoms with Crippen molar-refractivity contribution in [1.82, 2.24) is 5.32 Å². The third kappa shape index (κ3) is 3.77. The van der Waals surface area contributed by atoms with Crippen molar-refractivity contribution in [3.63, 3.8) is 0 Å². The Kier molecular flexibility index (Phi) is 5.05. The molecule has 1 amide bonds. The molecule has 2 aromatic rings. The molecule has 0 spiro atoms. The van der Waals surface area contributed by atoms with Crippen LogP contribution in [0.3, 0.4) is 0 Å². The Labute approximate surface area is 143 Å². The predicted molar refractivity (Wildman–Crippen MR) is 88.4 cm³/mol. The maximum atomic E-state index is 12.3. The molecule has 5 nitrogen and oxygen atoms in total. The molecule has 2 atom stereocenters. The number of hydrogen-bond acceptors (Lipinski definition) is 5. The van der Waals surface area contributed by atoms with Gasteiger partial charge in [0.15, 0.2) is 11.5 Å². The summed E-state index contributed by atoms with van der Waals surface area (Å²) in [7, 11) is 1.60. The van der Waals surface area contributed by atoms with Crippen LogP contribution in [0.4, 0.5) is 0 Å². The first-order valence-electron chi connectivity index (χ1n) is 7.11. The number of para-hydroxylation sites is 2. The van der Waals surface area contributed by atoms with E-state index < -0.39 is 6.10 Å². The van der Waals surface area contributed by atoms with Gasteiger partial charge in [0.05, 0.1) is 4.34 Å². The molecular formula is C16H16ClNO4S. The van der Waals surface area contributed by atoms with Gasteiger partial charge in [-0.3, -0.25) is 4.79 Å². The molecule has 1 aliphatic rings. The number of ether oxygens (including phenoxy) is 3. The summed E-state index contributed by atoms with van der Waals surface area (Å²) < 4.78 is 17.3. The smallest absolute Gasteiger partial charge is 0.264 e. The molecular weight excluding hydrogens is 338 g/mol. The van der Waals surface area contributed by atoms with Gasteiger partial charge in [-0.05, 0) is 24.3 Å². The summed E-state index contributed by atoms with van der Waals surface area (Å²) >= 11 is 7.36. The van der Waals surface area contributed by atoms with Crippen molar-refractivity contribution < 1.29 is 19.0 Å². The van der Waals surface area contributed by atoms with Gasteiger partial charge in [-0.1, -0.05) is 23.7 Å². The van der Waals surface area contributed by atoms with E-state index in [9.17, 15) is 4.79 Å². The normalized spacial score (nSPS) is 17.6. The zero-order valence-electron chi connectivity index (χ0n) is 12.5. The van der Waals surface area contributed by atoms with E-state index in [1.165, 1.54) is 11.3 Å². The lowest BCUT2D eigenvalue weighted by molar-refractivity contribution is -0.130.